The summed E-state index contributed by atoms with van der Waals surface area (Å²) in [4.78, 5) is 52.0. The van der Waals surface area contributed by atoms with Crippen LogP contribution in [0.25, 0.3) is 0 Å². The first-order valence-corrected chi connectivity index (χ1v) is 11.6. The van der Waals surface area contributed by atoms with Crippen molar-refractivity contribution in [3.8, 4) is 0 Å². The van der Waals surface area contributed by atoms with Crippen LogP contribution in [0, 0.1) is 11.8 Å². The van der Waals surface area contributed by atoms with Crippen LogP contribution >= 0.6 is 0 Å². The number of hydroxylamine groups is 1. The second-order valence-corrected chi connectivity index (χ2v) is 8.38. The van der Waals surface area contributed by atoms with Gasteiger partial charge in [0.15, 0.2) is 11.6 Å². The van der Waals surface area contributed by atoms with Crippen molar-refractivity contribution >= 4 is 23.5 Å². The van der Waals surface area contributed by atoms with Crippen LogP contribution in [0.2, 0.25) is 0 Å². The van der Waals surface area contributed by atoms with E-state index >= 15 is 0 Å². The van der Waals surface area contributed by atoms with Crippen molar-refractivity contribution < 1.29 is 24.4 Å². The van der Waals surface area contributed by atoms with Crippen molar-refractivity contribution in [1.82, 2.24) is 21.0 Å². The highest BCUT2D eigenvalue weighted by Crippen LogP contribution is 2.21. The Morgan fingerprint density at radius 3 is 2.45 bits per heavy atom. The number of urea groups is 1. The van der Waals surface area contributed by atoms with Crippen LogP contribution in [0.15, 0.2) is 0 Å². The normalized spacial score (nSPS) is 19.3. The fourth-order valence-corrected chi connectivity index (χ4v) is 3.94. The third kappa shape index (κ3) is 8.22. The number of nitrogens with one attached hydrogen (secondary N) is 3. The van der Waals surface area contributed by atoms with E-state index in [0.717, 1.165) is 25.7 Å². The molecule has 0 aliphatic carbocycles. The van der Waals surface area contributed by atoms with Crippen LogP contribution in [0.4, 0.5) is 4.79 Å². The third-order valence-corrected chi connectivity index (χ3v) is 6.13. The molecule has 4 atom stereocenters. The van der Waals surface area contributed by atoms with Crippen LogP contribution in [-0.4, -0.2) is 65.3 Å². The fraction of sp³-hybridized carbons (Fsp3) is 0.818. The number of ketones is 2. The standard InChI is InChI=1S/C22H40N4O5/c1-5-8-9-10-16(13-19(28)25-31)21(29)17-14-23-11-12-26(17)22(30)24-20(15(4)6-2)18(27)7-3/h15-17,20,23,31H,5-14H2,1-4H3,(H,24,30)(H,25,28)/t15-,16-,17-,20-/m1/s1. The first-order chi connectivity index (χ1) is 14.8. The van der Waals surface area contributed by atoms with Gasteiger partial charge in [-0.25, -0.2) is 10.3 Å². The molecule has 1 aliphatic rings. The molecule has 0 radical (unpaired) electrons. The molecular weight excluding hydrogens is 400 g/mol. The summed E-state index contributed by atoms with van der Waals surface area (Å²) >= 11 is 0. The average Bonchev–Trinajstić information content (AvgIpc) is 2.80. The summed E-state index contributed by atoms with van der Waals surface area (Å²) in [6.07, 6.45) is 4.19. The number of nitrogens with zero attached hydrogens (tertiary/aromatic N) is 1. The minimum Gasteiger partial charge on any atom is -0.328 e. The van der Waals surface area contributed by atoms with Crippen LogP contribution in [-0.2, 0) is 14.4 Å². The van der Waals surface area contributed by atoms with Gasteiger partial charge in [0, 0.05) is 38.4 Å². The van der Waals surface area contributed by atoms with Crippen molar-refractivity contribution in [3.05, 3.63) is 0 Å². The van der Waals surface area contributed by atoms with Gasteiger partial charge in [0.1, 0.15) is 6.04 Å². The molecule has 0 aromatic rings. The van der Waals surface area contributed by atoms with Gasteiger partial charge in [0.25, 0.3) is 0 Å². The highest BCUT2D eigenvalue weighted by Gasteiger charge is 2.37. The van der Waals surface area contributed by atoms with Gasteiger partial charge in [-0.05, 0) is 12.3 Å². The van der Waals surface area contributed by atoms with Crippen LogP contribution in [0.1, 0.15) is 72.6 Å². The van der Waals surface area contributed by atoms with Crippen LogP contribution in [0.5, 0.6) is 0 Å². The first-order valence-electron chi connectivity index (χ1n) is 11.6. The highest BCUT2D eigenvalue weighted by molar-refractivity contribution is 5.94. The smallest absolute Gasteiger partial charge is 0.318 e. The topological polar surface area (TPSA) is 128 Å². The van der Waals surface area contributed by atoms with Gasteiger partial charge in [0.2, 0.25) is 5.91 Å². The molecule has 178 valence electrons. The molecule has 0 aromatic carbocycles. The lowest BCUT2D eigenvalue weighted by Crippen LogP contribution is -2.62. The lowest BCUT2D eigenvalue weighted by atomic mass is 9.88. The highest BCUT2D eigenvalue weighted by atomic mass is 16.5. The van der Waals surface area contributed by atoms with E-state index in [2.05, 4.69) is 17.6 Å². The number of carbonyl (C=O) groups is 4. The zero-order valence-corrected chi connectivity index (χ0v) is 19.4. The third-order valence-electron chi connectivity index (χ3n) is 6.13. The van der Waals surface area contributed by atoms with E-state index in [-0.39, 0.29) is 23.9 Å². The average molecular weight is 441 g/mol. The van der Waals surface area contributed by atoms with E-state index in [1.165, 1.54) is 4.90 Å². The minimum atomic E-state index is -0.721. The Morgan fingerprint density at radius 1 is 1.16 bits per heavy atom. The van der Waals surface area contributed by atoms with Gasteiger partial charge in [-0.1, -0.05) is 53.4 Å². The molecule has 1 fully saturated rings. The van der Waals surface area contributed by atoms with Crippen molar-refractivity contribution in [2.45, 2.75) is 84.7 Å². The zero-order chi connectivity index (χ0) is 23.4. The number of piperazine rings is 1. The number of unbranched alkanes of at least 4 members (excludes halogenated alkanes) is 2. The maximum Gasteiger partial charge on any atom is 0.318 e. The molecule has 9 heteroatoms. The number of amides is 3. The molecule has 1 heterocycles. The molecule has 0 spiro atoms. The molecular formula is C22H40N4O5. The van der Waals surface area contributed by atoms with E-state index in [4.69, 9.17) is 5.21 Å². The molecule has 4 N–H and O–H groups in total. The largest absolute Gasteiger partial charge is 0.328 e. The number of carbonyl (C=O) groups excluding carboxylic acids is 4. The molecule has 31 heavy (non-hydrogen) atoms. The number of rotatable bonds is 13. The molecule has 0 unspecified atom stereocenters. The molecule has 1 rings (SSSR count). The van der Waals surface area contributed by atoms with Gasteiger partial charge < -0.3 is 15.5 Å². The molecule has 1 saturated heterocycles. The summed E-state index contributed by atoms with van der Waals surface area (Å²) in [6.45, 7) is 8.90. The summed E-state index contributed by atoms with van der Waals surface area (Å²) in [5, 5.41) is 14.9. The Bertz CT molecular complexity index is 613. The molecule has 9 nitrogen and oxygen atoms in total. The molecule has 0 aromatic heterocycles. The molecule has 0 bridgehead atoms. The monoisotopic (exact) mass is 440 g/mol. The van der Waals surface area contributed by atoms with E-state index in [1.807, 2.05) is 13.8 Å². The van der Waals surface area contributed by atoms with Crippen molar-refractivity contribution in [2.75, 3.05) is 19.6 Å². The van der Waals surface area contributed by atoms with E-state index in [0.29, 0.717) is 32.5 Å². The Hall–Kier alpha value is -2.00. The predicted octanol–water partition coefficient (Wildman–Crippen LogP) is 2.02. The summed E-state index contributed by atoms with van der Waals surface area (Å²) in [5.41, 5.74) is 1.60. The summed E-state index contributed by atoms with van der Waals surface area (Å²) in [7, 11) is 0. The van der Waals surface area contributed by atoms with Crippen LogP contribution < -0.4 is 16.1 Å². The number of hydrogen-bond acceptors (Lipinski definition) is 6. The predicted molar refractivity (Wildman–Crippen MR) is 118 cm³/mol. The van der Waals surface area contributed by atoms with Gasteiger partial charge >= 0.3 is 6.03 Å². The second kappa shape index (κ2) is 14.1. The number of hydrogen-bond donors (Lipinski definition) is 4. The van der Waals surface area contributed by atoms with Gasteiger partial charge in [0.05, 0.1) is 6.04 Å². The van der Waals surface area contributed by atoms with Gasteiger partial charge in [-0.3, -0.25) is 19.6 Å². The zero-order valence-electron chi connectivity index (χ0n) is 19.4. The van der Waals surface area contributed by atoms with Gasteiger partial charge in [-0.2, -0.15) is 0 Å². The van der Waals surface area contributed by atoms with Crippen molar-refractivity contribution in [2.24, 2.45) is 11.8 Å². The Morgan fingerprint density at radius 2 is 1.87 bits per heavy atom. The summed E-state index contributed by atoms with van der Waals surface area (Å²) in [6, 6.07) is -1.74. The number of Topliss-reactive ketones (excluding diaryl/α,β-unsaturated/α-hetero) is 2. The lowest BCUT2D eigenvalue weighted by molar-refractivity contribution is -0.136. The molecule has 0 saturated carbocycles. The first kappa shape index (κ1) is 27.0. The SMILES string of the molecule is CCCCC[C@H](CC(=O)NO)C(=O)[C@H]1CNCCN1C(=O)N[C@@H](C(=O)CC)[C@H](C)CC. The Labute approximate surface area is 185 Å². The maximum atomic E-state index is 13.3. The Balaban J connectivity index is 3.00. The molecule has 1 aliphatic heterocycles. The van der Waals surface area contributed by atoms with E-state index < -0.39 is 29.9 Å². The molecule has 3 amide bonds. The fourth-order valence-electron chi connectivity index (χ4n) is 3.94. The Kier molecular flexibility index (Phi) is 12.3. The lowest BCUT2D eigenvalue weighted by Gasteiger charge is -2.38. The van der Waals surface area contributed by atoms with E-state index in [1.54, 1.807) is 12.4 Å². The van der Waals surface area contributed by atoms with Crippen molar-refractivity contribution in [3.63, 3.8) is 0 Å². The van der Waals surface area contributed by atoms with Gasteiger partial charge in [-0.15, -0.1) is 0 Å². The maximum absolute atomic E-state index is 13.3. The summed E-state index contributed by atoms with van der Waals surface area (Å²) < 4.78 is 0. The minimum absolute atomic E-state index is 0.0106. The second-order valence-electron chi connectivity index (χ2n) is 8.38. The van der Waals surface area contributed by atoms with Crippen molar-refractivity contribution in [1.29, 1.82) is 0 Å². The quantitative estimate of drug-likeness (QED) is 0.197. The summed E-state index contributed by atoms with van der Waals surface area (Å²) in [5.74, 6) is -1.42. The van der Waals surface area contributed by atoms with Crippen LogP contribution in [0.3, 0.4) is 0 Å². The van der Waals surface area contributed by atoms with E-state index in [9.17, 15) is 19.2 Å².